The number of carboxylic acids is 1. The van der Waals surface area contributed by atoms with Crippen molar-refractivity contribution >= 4 is 5.97 Å². The summed E-state index contributed by atoms with van der Waals surface area (Å²) in [5, 5.41) is 9.63. The molecule has 0 aliphatic carbocycles. The van der Waals surface area contributed by atoms with Gasteiger partial charge in [-0.25, -0.2) is 0 Å². The fourth-order valence-corrected chi connectivity index (χ4v) is 2.56. The molecule has 0 saturated carbocycles. The number of benzene rings is 2. The second-order valence-electron chi connectivity index (χ2n) is 5.29. The summed E-state index contributed by atoms with van der Waals surface area (Å²) in [4.78, 5) is 11.7. The molecule has 2 rings (SSSR count). The average molecular weight is 330 g/mol. The van der Waals surface area contributed by atoms with Crippen LogP contribution in [0.1, 0.15) is 24.0 Å². The van der Waals surface area contributed by atoms with E-state index in [-0.39, 0.29) is 0 Å². The van der Waals surface area contributed by atoms with Crippen molar-refractivity contribution in [2.75, 3.05) is 20.8 Å². The van der Waals surface area contributed by atoms with Crippen molar-refractivity contribution in [3.63, 3.8) is 0 Å². The van der Waals surface area contributed by atoms with Gasteiger partial charge in [0.2, 0.25) is 0 Å². The molecule has 0 aliphatic heterocycles. The van der Waals surface area contributed by atoms with Crippen LogP contribution in [0.25, 0.3) is 0 Å². The molecule has 0 aromatic heterocycles. The Morgan fingerprint density at radius 3 is 2.50 bits per heavy atom. The zero-order valence-electron chi connectivity index (χ0n) is 14.1. The summed E-state index contributed by atoms with van der Waals surface area (Å²) in [6, 6.07) is 12.6. The van der Waals surface area contributed by atoms with Crippen LogP contribution in [-0.4, -0.2) is 31.9 Å². The van der Waals surface area contributed by atoms with Crippen molar-refractivity contribution in [1.29, 1.82) is 0 Å². The second kappa shape index (κ2) is 8.24. The molecule has 0 aliphatic rings. The quantitative estimate of drug-likeness (QED) is 0.802. The van der Waals surface area contributed by atoms with Gasteiger partial charge < -0.3 is 19.3 Å². The van der Waals surface area contributed by atoms with E-state index in [9.17, 15) is 9.90 Å². The van der Waals surface area contributed by atoms with Gasteiger partial charge in [0.15, 0.2) is 11.5 Å². The molecular formula is C19H22O5. The molecule has 0 amide bonds. The SMILES string of the molecule is CCOc1cc(CC(C(=O)O)c2cccc(OC)c2)ccc1OC. The number of aliphatic carboxylic acids is 1. The van der Waals surface area contributed by atoms with E-state index in [0.717, 1.165) is 5.56 Å². The van der Waals surface area contributed by atoms with Gasteiger partial charge in [0.05, 0.1) is 26.7 Å². The molecule has 0 radical (unpaired) electrons. The minimum absolute atomic E-state index is 0.354. The minimum atomic E-state index is -0.878. The van der Waals surface area contributed by atoms with Crippen LogP contribution in [0.3, 0.4) is 0 Å². The summed E-state index contributed by atoms with van der Waals surface area (Å²) in [6.07, 6.45) is 0.354. The third kappa shape index (κ3) is 4.19. The second-order valence-corrected chi connectivity index (χ2v) is 5.29. The molecule has 5 heteroatoms. The number of rotatable bonds is 8. The smallest absolute Gasteiger partial charge is 0.311 e. The van der Waals surface area contributed by atoms with E-state index >= 15 is 0 Å². The Bertz CT molecular complexity index is 696. The summed E-state index contributed by atoms with van der Waals surface area (Å²) in [7, 11) is 3.14. The fourth-order valence-electron chi connectivity index (χ4n) is 2.56. The number of carboxylic acid groups (broad SMARTS) is 1. The molecule has 0 fully saturated rings. The van der Waals surface area contributed by atoms with E-state index in [1.54, 1.807) is 44.6 Å². The zero-order valence-corrected chi connectivity index (χ0v) is 14.1. The van der Waals surface area contributed by atoms with Gasteiger partial charge in [0.1, 0.15) is 5.75 Å². The summed E-state index contributed by atoms with van der Waals surface area (Å²) in [6.45, 7) is 2.40. The Morgan fingerprint density at radius 1 is 1.08 bits per heavy atom. The van der Waals surface area contributed by atoms with Crippen molar-refractivity contribution in [2.24, 2.45) is 0 Å². The lowest BCUT2D eigenvalue weighted by Gasteiger charge is -2.16. The highest BCUT2D eigenvalue weighted by Gasteiger charge is 2.21. The van der Waals surface area contributed by atoms with Gasteiger partial charge in [-0.05, 0) is 48.7 Å². The van der Waals surface area contributed by atoms with Crippen LogP contribution in [0.4, 0.5) is 0 Å². The van der Waals surface area contributed by atoms with E-state index in [2.05, 4.69) is 0 Å². The maximum Gasteiger partial charge on any atom is 0.311 e. The summed E-state index contributed by atoms with van der Waals surface area (Å²) < 4.78 is 16.0. The topological polar surface area (TPSA) is 65.0 Å². The van der Waals surface area contributed by atoms with Crippen molar-refractivity contribution in [1.82, 2.24) is 0 Å². The van der Waals surface area contributed by atoms with E-state index < -0.39 is 11.9 Å². The normalized spacial score (nSPS) is 11.6. The monoisotopic (exact) mass is 330 g/mol. The molecule has 1 unspecified atom stereocenters. The molecule has 1 N–H and O–H groups in total. The molecule has 0 spiro atoms. The fraction of sp³-hybridized carbons (Fsp3) is 0.316. The van der Waals surface area contributed by atoms with E-state index in [1.165, 1.54) is 0 Å². The molecule has 24 heavy (non-hydrogen) atoms. The third-order valence-electron chi connectivity index (χ3n) is 3.76. The summed E-state index contributed by atoms with van der Waals surface area (Å²) >= 11 is 0. The van der Waals surface area contributed by atoms with Gasteiger partial charge in [0.25, 0.3) is 0 Å². The Kier molecular flexibility index (Phi) is 6.07. The Morgan fingerprint density at radius 2 is 1.88 bits per heavy atom. The van der Waals surface area contributed by atoms with E-state index in [0.29, 0.717) is 35.8 Å². The van der Waals surface area contributed by atoms with Crippen LogP contribution in [0.15, 0.2) is 42.5 Å². The molecule has 5 nitrogen and oxygen atoms in total. The van der Waals surface area contributed by atoms with Gasteiger partial charge in [-0.3, -0.25) is 4.79 Å². The largest absolute Gasteiger partial charge is 0.497 e. The molecule has 1 atom stereocenters. The summed E-state index contributed by atoms with van der Waals surface area (Å²) in [5.74, 6) is 0.352. The lowest BCUT2D eigenvalue weighted by molar-refractivity contribution is -0.138. The minimum Gasteiger partial charge on any atom is -0.497 e. The Labute approximate surface area is 141 Å². The zero-order chi connectivity index (χ0) is 17.5. The average Bonchev–Trinajstić information content (AvgIpc) is 2.60. The molecule has 2 aromatic carbocycles. The lowest BCUT2D eigenvalue weighted by atomic mass is 9.92. The van der Waals surface area contributed by atoms with Crippen molar-refractivity contribution in [2.45, 2.75) is 19.3 Å². The lowest BCUT2D eigenvalue weighted by Crippen LogP contribution is -2.14. The van der Waals surface area contributed by atoms with Crippen LogP contribution >= 0.6 is 0 Å². The third-order valence-corrected chi connectivity index (χ3v) is 3.76. The highest BCUT2D eigenvalue weighted by Crippen LogP contribution is 2.31. The maximum atomic E-state index is 11.7. The van der Waals surface area contributed by atoms with Crippen molar-refractivity contribution in [3.05, 3.63) is 53.6 Å². The molecule has 128 valence electrons. The first-order valence-corrected chi connectivity index (χ1v) is 7.75. The van der Waals surface area contributed by atoms with Crippen molar-refractivity contribution in [3.8, 4) is 17.2 Å². The summed E-state index contributed by atoms with van der Waals surface area (Å²) in [5.41, 5.74) is 1.57. The first-order chi connectivity index (χ1) is 11.6. The standard InChI is InChI=1S/C19H22O5/c1-4-24-18-11-13(8-9-17(18)23-3)10-16(19(20)21)14-6-5-7-15(12-14)22-2/h5-9,11-12,16H,4,10H2,1-3H3,(H,20,21). The van der Waals surface area contributed by atoms with Gasteiger partial charge in [-0.1, -0.05) is 18.2 Å². The molecule has 0 saturated heterocycles. The Hall–Kier alpha value is -2.69. The number of carbonyl (C=O) groups is 1. The van der Waals surface area contributed by atoms with Gasteiger partial charge >= 0.3 is 5.97 Å². The van der Waals surface area contributed by atoms with Crippen LogP contribution in [0.5, 0.6) is 17.2 Å². The van der Waals surface area contributed by atoms with Crippen LogP contribution < -0.4 is 14.2 Å². The highest BCUT2D eigenvalue weighted by molar-refractivity contribution is 5.76. The van der Waals surface area contributed by atoms with E-state index in [1.807, 2.05) is 19.1 Å². The van der Waals surface area contributed by atoms with Gasteiger partial charge in [-0.2, -0.15) is 0 Å². The number of hydrogen-bond acceptors (Lipinski definition) is 4. The predicted octanol–water partition coefficient (Wildman–Crippen LogP) is 3.51. The predicted molar refractivity (Wildman–Crippen MR) is 91.2 cm³/mol. The number of ether oxygens (including phenoxy) is 3. The van der Waals surface area contributed by atoms with E-state index in [4.69, 9.17) is 14.2 Å². The first kappa shape index (κ1) is 17.7. The van der Waals surface area contributed by atoms with Gasteiger partial charge in [0, 0.05) is 0 Å². The van der Waals surface area contributed by atoms with Crippen molar-refractivity contribution < 1.29 is 24.1 Å². The Balaban J connectivity index is 2.30. The number of hydrogen-bond donors (Lipinski definition) is 1. The van der Waals surface area contributed by atoms with Crippen LogP contribution in [0.2, 0.25) is 0 Å². The highest BCUT2D eigenvalue weighted by atomic mass is 16.5. The first-order valence-electron chi connectivity index (χ1n) is 7.75. The maximum absolute atomic E-state index is 11.7. The molecule has 0 bridgehead atoms. The molecule has 0 heterocycles. The van der Waals surface area contributed by atoms with Gasteiger partial charge in [-0.15, -0.1) is 0 Å². The molecule has 2 aromatic rings. The van der Waals surface area contributed by atoms with Crippen LogP contribution in [-0.2, 0) is 11.2 Å². The number of methoxy groups -OCH3 is 2. The van der Waals surface area contributed by atoms with Crippen LogP contribution in [0, 0.1) is 0 Å². The molecular weight excluding hydrogens is 308 g/mol.